The highest BCUT2D eigenvalue weighted by Gasteiger charge is 2.24. The molecule has 2 atom stereocenters. The van der Waals surface area contributed by atoms with E-state index in [-0.39, 0.29) is 0 Å². The lowest BCUT2D eigenvalue weighted by Gasteiger charge is -2.34. The summed E-state index contributed by atoms with van der Waals surface area (Å²) in [6.07, 6.45) is 6.59. The van der Waals surface area contributed by atoms with E-state index in [9.17, 15) is 0 Å². The molecule has 106 valence electrons. The van der Waals surface area contributed by atoms with Crippen LogP contribution in [-0.2, 0) is 6.42 Å². The van der Waals surface area contributed by atoms with Gasteiger partial charge in [0.25, 0.3) is 0 Å². The van der Waals surface area contributed by atoms with Gasteiger partial charge in [-0.2, -0.15) is 0 Å². The summed E-state index contributed by atoms with van der Waals surface area (Å²) in [5.74, 6) is 1.86. The predicted octanol–water partition coefficient (Wildman–Crippen LogP) is 3.79. The average Bonchev–Trinajstić information content (AvgIpc) is 2.34. The van der Waals surface area contributed by atoms with Crippen LogP contribution < -0.4 is 10.1 Å². The molecule has 1 saturated carbocycles. The van der Waals surface area contributed by atoms with E-state index >= 15 is 0 Å². The number of aryl methyl sites for hydroxylation is 1. The zero-order valence-electron chi connectivity index (χ0n) is 12.5. The van der Waals surface area contributed by atoms with Crippen LogP contribution in [0.15, 0.2) is 24.3 Å². The van der Waals surface area contributed by atoms with E-state index in [1.165, 1.54) is 31.2 Å². The molecule has 2 heteroatoms. The van der Waals surface area contributed by atoms with E-state index in [4.69, 9.17) is 4.74 Å². The maximum Gasteiger partial charge on any atom is 0.118 e. The van der Waals surface area contributed by atoms with E-state index in [2.05, 4.69) is 31.3 Å². The molecule has 0 spiro atoms. The average molecular weight is 261 g/mol. The van der Waals surface area contributed by atoms with Crippen LogP contribution in [0.25, 0.3) is 0 Å². The van der Waals surface area contributed by atoms with Crippen molar-refractivity contribution in [3.8, 4) is 5.75 Å². The quantitative estimate of drug-likeness (QED) is 0.806. The summed E-state index contributed by atoms with van der Waals surface area (Å²) in [7, 11) is 1.71. The Labute approximate surface area is 117 Å². The predicted molar refractivity (Wildman–Crippen MR) is 80.7 cm³/mol. The van der Waals surface area contributed by atoms with Crippen LogP contribution in [0.3, 0.4) is 0 Å². The summed E-state index contributed by atoms with van der Waals surface area (Å²) in [5, 5.41) is 3.75. The van der Waals surface area contributed by atoms with Gasteiger partial charge in [0.1, 0.15) is 5.75 Å². The van der Waals surface area contributed by atoms with Crippen molar-refractivity contribution in [2.45, 2.75) is 58.0 Å². The van der Waals surface area contributed by atoms with Crippen molar-refractivity contribution in [3.05, 3.63) is 29.8 Å². The van der Waals surface area contributed by atoms with Gasteiger partial charge in [-0.05, 0) is 63.1 Å². The normalized spacial score (nSPS) is 18.7. The van der Waals surface area contributed by atoms with E-state index in [0.717, 1.165) is 18.1 Å². The van der Waals surface area contributed by atoms with Crippen LogP contribution in [-0.4, -0.2) is 19.2 Å². The van der Waals surface area contributed by atoms with Gasteiger partial charge in [0.05, 0.1) is 7.11 Å². The molecule has 2 rings (SSSR count). The van der Waals surface area contributed by atoms with Crippen LogP contribution in [0.5, 0.6) is 5.75 Å². The summed E-state index contributed by atoms with van der Waals surface area (Å²) in [4.78, 5) is 0. The minimum Gasteiger partial charge on any atom is -0.497 e. The molecule has 0 bridgehead atoms. The molecule has 1 aliphatic rings. The van der Waals surface area contributed by atoms with Gasteiger partial charge in [-0.1, -0.05) is 18.6 Å². The third kappa shape index (κ3) is 4.24. The van der Waals surface area contributed by atoms with Gasteiger partial charge in [0.15, 0.2) is 0 Å². The Morgan fingerprint density at radius 2 is 1.89 bits per heavy atom. The van der Waals surface area contributed by atoms with Gasteiger partial charge in [0.2, 0.25) is 0 Å². The van der Waals surface area contributed by atoms with Crippen LogP contribution in [0, 0.1) is 5.92 Å². The summed E-state index contributed by atoms with van der Waals surface area (Å²) in [6, 6.07) is 9.70. The molecule has 0 radical (unpaired) electrons. The molecule has 0 saturated heterocycles. The fourth-order valence-corrected chi connectivity index (χ4v) is 2.78. The van der Waals surface area contributed by atoms with E-state index < -0.39 is 0 Å². The lowest BCUT2D eigenvalue weighted by atomic mass is 9.80. The highest BCUT2D eigenvalue weighted by atomic mass is 16.5. The number of nitrogens with one attached hydrogen (secondary N) is 1. The van der Waals surface area contributed by atoms with E-state index in [0.29, 0.717) is 12.1 Å². The molecule has 2 unspecified atom stereocenters. The van der Waals surface area contributed by atoms with Gasteiger partial charge >= 0.3 is 0 Å². The van der Waals surface area contributed by atoms with E-state index in [1.54, 1.807) is 7.11 Å². The molecule has 0 aliphatic heterocycles. The van der Waals surface area contributed by atoms with Gasteiger partial charge in [0, 0.05) is 12.1 Å². The number of rotatable bonds is 7. The van der Waals surface area contributed by atoms with Crippen LogP contribution in [0.4, 0.5) is 0 Å². The van der Waals surface area contributed by atoms with Crippen molar-refractivity contribution in [1.29, 1.82) is 0 Å². The van der Waals surface area contributed by atoms with Gasteiger partial charge < -0.3 is 10.1 Å². The smallest absolute Gasteiger partial charge is 0.118 e. The molecule has 1 aliphatic carbocycles. The fourth-order valence-electron chi connectivity index (χ4n) is 2.78. The van der Waals surface area contributed by atoms with Gasteiger partial charge in [-0.15, -0.1) is 0 Å². The van der Waals surface area contributed by atoms with Gasteiger partial charge in [-0.25, -0.2) is 0 Å². The summed E-state index contributed by atoms with van der Waals surface area (Å²) in [5.41, 5.74) is 1.39. The number of methoxy groups -OCH3 is 1. The second kappa shape index (κ2) is 6.95. The standard InChI is InChI=1S/C17H27NO/c1-13(18-14(2)16-5-4-6-16)7-8-15-9-11-17(19-3)12-10-15/h9-14,16,18H,4-8H2,1-3H3. The molecular formula is C17H27NO. The molecule has 1 aromatic rings. The third-order valence-electron chi connectivity index (χ3n) is 4.43. The van der Waals surface area contributed by atoms with Crippen molar-refractivity contribution in [2.24, 2.45) is 5.92 Å². The maximum absolute atomic E-state index is 5.18. The third-order valence-corrected chi connectivity index (χ3v) is 4.43. The molecule has 1 fully saturated rings. The number of hydrogen-bond donors (Lipinski definition) is 1. The van der Waals surface area contributed by atoms with Gasteiger partial charge in [-0.3, -0.25) is 0 Å². The zero-order chi connectivity index (χ0) is 13.7. The number of ether oxygens (including phenoxy) is 1. The Balaban J connectivity index is 1.71. The summed E-state index contributed by atoms with van der Waals surface area (Å²) in [6.45, 7) is 4.65. The van der Waals surface area contributed by atoms with Crippen molar-refractivity contribution in [2.75, 3.05) is 7.11 Å². The summed E-state index contributed by atoms with van der Waals surface area (Å²) < 4.78 is 5.18. The molecule has 1 N–H and O–H groups in total. The van der Waals surface area contributed by atoms with Crippen LogP contribution >= 0.6 is 0 Å². The van der Waals surface area contributed by atoms with Crippen LogP contribution in [0.1, 0.15) is 45.1 Å². The maximum atomic E-state index is 5.18. The first kappa shape index (κ1) is 14.4. The molecule has 0 heterocycles. The first-order chi connectivity index (χ1) is 9.19. The van der Waals surface area contributed by atoms with Crippen molar-refractivity contribution >= 4 is 0 Å². The highest BCUT2D eigenvalue weighted by molar-refractivity contribution is 5.27. The second-order valence-electron chi connectivity index (χ2n) is 5.93. The fraction of sp³-hybridized carbons (Fsp3) is 0.647. The largest absolute Gasteiger partial charge is 0.497 e. The first-order valence-electron chi connectivity index (χ1n) is 7.58. The topological polar surface area (TPSA) is 21.3 Å². The zero-order valence-corrected chi connectivity index (χ0v) is 12.5. The van der Waals surface area contributed by atoms with Crippen molar-refractivity contribution < 1.29 is 4.74 Å². The molecule has 2 nitrogen and oxygen atoms in total. The van der Waals surface area contributed by atoms with Crippen molar-refractivity contribution in [3.63, 3.8) is 0 Å². The molecule has 1 aromatic carbocycles. The lowest BCUT2D eigenvalue weighted by molar-refractivity contribution is 0.227. The highest BCUT2D eigenvalue weighted by Crippen LogP contribution is 2.29. The Bertz CT molecular complexity index is 369. The molecule has 0 aromatic heterocycles. The molecular weight excluding hydrogens is 234 g/mol. The monoisotopic (exact) mass is 261 g/mol. The Morgan fingerprint density at radius 3 is 2.42 bits per heavy atom. The first-order valence-corrected chi connectivity index (χ1v) is 7.58. The number of benzene rings is 1. The second-order valence-corrected chi connectivity index (χ2v) is 5.93. The lowest BCUT2D eigenvalue weighted by Crippen LogP contribution is -2.42. The molecule has 0 amide bonds. The summed E-state index contributed by atoms with van der Waals surface area (Å²) >= 11 is 0. The van der Waals surface area contributed by atoms with Crippen LogP contribution in [0.2, 0.25) is 0 Å². The Kier molecular flexibility index (Phi) is 5.26. The Morgan fingerprint density at radius 1 is 1.21 bits per heavy atom. The Hall–Kier alpha value is -1.02. The number of hydrogen-bond acceptors (Lipinski definition) is 2. The van der Waals surface area contributed by atoms with Crippen molar-refractivity contribution in [1.82, 2.24) is 5.32 Å². The van der Waals surface area contributed by atoms with E-state index in [1.807, 2.05) is 12.1 Å². The molecule has 19 heavy (non-hydrogen) atoms. The SMILES string of the molecule is COc1ccc(CCC(C)NC(C)C2CCC2)cc1. The minimum atomic E-state index is 0.595. The minimum absolute atomic E-state index is 0.595.